The Balaban J connectivity index is 2.01. The average Bonchev–Trinajstić information content (AvgIpc) is 2.88. The first-order chi connectivity index (χ1) is 9.20. The minimum atomic E-state index is 0.0846. The molecule has 0 saturated heterocycles. The number of nitrogens with one attached hydrogen (secondary N) is 1. The monoisotopic (exact) mass is 312 g/mol. The summed E-state index contributed by atoms with van der Waals surface area (Å²) in [6.45, 7) is 0. The van der Waals surface area contributed by atoms with Gasteiger partial charge in [0.05, 0.1) is 5.52 Å². The van der Waals surface area contributed by atoms with Crippen molar-refractivity contribution in [1.29, 1.82) is 0 Å². The molecule has 3 nitrogen and oxygen atoms in total. The Morgan fingerprint density at radius 3 is 2.84 bits per heavy atom. The molecule has 0 atom stereocenters. The molecule has 0 unspecified atom stereocenters. The van der Waals surface area contributed by atoms with Gasteiger partial charge in [0.15, 0.2) is 4.77 Å². The number of fused-ring (bicyclic) bond motifs is 1. The van der Waals surface area contributed by atoms with Gasteiger partial charge >= 0.3 is 0 Å². The first kappa shape index (κ1) is 13.4. The van der Waals surface area contributed by atoms with Crippen molar-refractivity contribution in [2.45, 2.75) is 37.0 Å². The lowest BCUT2D eigenvalue weighted by molar-refractivity contribution is 0.348. The predicted octanol–water partition coefficient (Wildman–Crippen LogP) is 3.97. The molecule has 1 saturated carbocycles. The van der Waals surface area contributed by atoms with Crippen molar-refractivity contribution in [2.75, 3.05) is 6.26 Å². The van der Waals surface area contributed by atoms with E-state index < -0.39 is 0 Å². The largest absolute Gasteiger partial charge is 0.331 e. The Morgan fingerprint density at radius 2 is 2.16 bits per heavy atom. The van der Waals surface area contributed by atoms with Crippen LogP contribution in [0.2, 0.25) is 0 Å². The second-order valence-corrected chi connectivity index (χ2v) is 7.38. The smallest absolute Gasteiger partial charge is 0.272 e. The van der Waals surface area contributed by atoms with E-state index >= 15 is 0 Å². The molecule has 1 fully saturated rings. The normalized spacial score (nSPS) is 23.8. The van der Waals surface area contributed by atoms with E-state index in [4.69, 9.17) is 12.2 Å². The van der Waals surface area contributed by atoms with Gasteiger partial charge in [-0.05, 0) is 55.6 Å². The highest BCUT2D eigenvalue weighted by Crippen LogP contribution is 2.33. The van der Waals surface area contributed by atoms with E-state index in [1.807, 2.05) is 27.8 Å². The van der Waals surface area contributed by atoms with E-state index in [0.29, 0.717) is 4.77 Å². The molecule has 19 heavy (non-hydrogen) atoms. The van der Waals surface area contributed by atoms with Crippen molar-refractivity contribution in [3.05, 3.63) is 26.6 Å². The van der Waals surface area contributed by atoms with Gasteiger partial charge in [-0.25, -0.2) is 0 Å². The molecule has 0 bridgehead atoms. The molecule has 2 aromatic rings. The lowest BCUT2D eigenvalue weighted by atomic mass is 9.95. The summed E-state index contributed by atoms with van der Waals surface area (Å²) in [7, 11) is 0. The van der Waals surface area contributed by atoms with Gasteiger partial charge in [0.1, 0.15) is 4.70 Å². The molecule has 102 valence electrons. The zero-order valence-corrected chi connectivity index (χ0v) is 13.2. The molecule has 1 N–H and O–H groups in total. The first-order valence-electron chi connectivity index (χ1n) is 6.45. The maximum absolute atomic E-state index is 12.5. The highest BCUT2D eigenvalue weighted by Gasteiger charge is 2.23. The first-order valence-corrected chi connectivity index (χ1v) is 9.03. The van der Waals surface area contributed by atoms with Crippen molar-refractivity contribution >= 4 is 45.5 Å². The zero-order chi connectivity index (χ0) is 13.4. The quantitative estimate of drug-likeness (QED) is 0.853. The standard InChI is InChI=1S/C13H16N2OS3/c1-18-9-4-2-8(3-5-9)15-12(16)11-10(6-7-19-11)14-13(15)17/h6-9H,2-5H2,1H3,(H,14,17). The highest BCUT2D eigenvalue weighted by molar-refractivity contribution is 7.99. The molecule has 2 heterocycles. The molecule has 2 aromatic heterocycles. The molecular weight excluding hydrogens is 296 g/mol. The maximum atomic E-state index is 12.5. The lowest BCUT2D eigenvalue weighted by Gasteiger charge is -2.28. The molecule has 0 radical (unpaired) electrons. The molecule has 1 aliphatic carbocycles. The third-order valence-corrected chi connectivity index (χ3v) is 6.22. The van der Waals surface area contributed by atoms with Crippen molar-refractivity contribution in [2.24, 2.45) is 0 Å². The van der Waals surface area contributed by atoms with E-state index in [-0.39, 0.29) is 11.6 Å². The van der Waals surface area contributed by atoms with Crippen LogP contribution in [0.25, 0.3) is 10.2 Å². The van der Waals surface area contributed by atoms with Crippen molar-refractivity contribution in [1.82, 2.24) is 9.55 Å². The third kappa shape index (κ3) is 2.41. The summed E-state index contributed by atoms with van der Waals surface area (Å²) in [6, 6.07) is 2.19. The highest BCUT2D eigenvalue weighted by atomic mass is 32.2. The number of aromatic amines is 1. The number of rotatable bonds is 2. The molecular formula is C13H16N2OS3. The second kappa shape index (κ2) is 5.42. The molecule has 0 aliphatic heterocycles. The summed E-state index contributed by atoms with van der Waals surface area (Å²) in [5, 5.41) is 2.68. The maximum Gasteiger partial charge on any atom is 0.272 e. The number of hydrogen-bond acceptors (Lipinski definition) is 4. The minimum absolute atomic E-state index is 0.0846. The van der Waals surface area contributed by atoms with Crippen molar-refractivity contribution in [3.8, 4) is 0 Å². The van der Waals surface area contributed by atoms with E-state index in [2.05, 4.69) is 11.2 Å². The fourth-order valence-corrected chi connectivity index (χ4v) is 4.69. The van der Waals surface area contributed by atoms with E-state index in [0.717, 1.165) is 28.3 Å². The Morgan fingerprint density at radius 1 is 1.42 bits per heavy atom. The SMILES string of the molecule is CSC1CCC(n2c(=S)[nH]c3ccsc3c2=O)CC1. The van der Waals surface area contributed by atoms with Crippen LogP contribution in [-0.4, -0.2) is 21.1 Å². The summed E-state index contributed by atoms with van der Waals surface area (Å²) in [4.78, 5) is 15.7. The lowest BCUT2D eigenvalue weighted by Crippen LogP contribution is -2.29. The fourth-order valence-electron chi connectivity index (χ4n) is 2.82. The van der Waals surface area contributed by atoms with Crippen LogP contribution in [0.3, 0.4) is 0 Å². The topological polar surface area (TPSA) is 37.8 Å². The van der Waals surface area contributed by atoms with Gasteiger partial charge in [0.2, 0.25) is 0 Å². The summed E-state index contributed by atoms with van der Waals surface area (Å²) < 4.78 is 3.18. The van der Waals surface area contributed by atoms with E-state index in [1.165, 1.54) is 24.2 Å². The van der Waals surface area contributed by atoms with Crippen LogP contribution >= 0.6 is 35.3 Å². The van der Waals surface area contributed by atoms with Gasteiger partial charge in [0, 0.05) is 11.3 Å². The third-order valence-electron chi connectivity index (χ3n) is 3.88. The van der Waals surface area contributed by atoms with Crippen LogP contribution in [0, 0.1) is 4.77 Å². The number of thioether (sulfide) groups is 1. The molecule has 6 heteroatoms. The van der Waals surface area contributed by atoms with Gasteiger partial charge in [-0.3, -0.25) is 9.36 Å². The number of aromatic nitrogens is 2. The Hall–Kier alpha value is -0.590. The van der Waals surface area contributed by atoms with Crippen LogP contribution < -0.4 is 5.56 Å². The number of H-pyrrole nitrogens is 1. The Labute approximate surface area is 125 Å². The average molecular weight is 312 g/mol. The van der Waals surface area contributed by atoms with Crippen molar-refractivity contribution in [3.63, 3.8) is 0 Å². The fraction of sp³-hybridized carbons (Fsp3) is 0.538. The van der Waals surface area contributed by atoms with Crippen LogP contribution in [0.4, 0.5) is 0 Å². The number of hydrogen-bond donors (Lipinski definition) is 1. The number of nitrogens with zero attached hydrogens (tertiary/aromatic N) is 1. The van der Waals surface area contributed by atoms with Gasteiger partial charge in [0.25, 0.3) is 5.56 Å². The summed E-state index contributed by atoms with van der Waals surface area (Å²) in [5.41, 5.74) is 0.954. The van der Waals surface area contributed by atoms with E-state index in [1.54, 1.807) is 0 Å². The zero-order valence-electron chi connectivity index (χ0n) is 10.7. The van der Waals surface area contributed by atoms with Gasteiger partial charge < -0.3 is 4.98 Å². The van der Waals surface area contributed by atoms with Crippen LogP contribution in [-0.2, 0) is 0 Å². The Bertz CT molecular complexity index is 692. The molecule has 0 spiro atoms. The second-order valence-electron chi connectivity index (χ2n) is 4.93. The predicted molar refractivity (Wildman–Crippen MR) is 86.1 cm³/mol. The van der Waals surface area contributed by atoms with Crippen LogP contribution in [0.15, 0.2) is 16.2 Å². The number of thiophene rings is 1. The van der Waals surface area contributed by atoms with Gasteiger partial charge in [-0.1, -0.05) is 0 Å². The molecule has 0 amide bonds. The summed E-state index contributed by atoms with van der Waals surface area (Å²) in [6.07, 6.45) is 6.63. The van der Waals surface area contributed by atoms with Gasteiger partial charge in [-0.2, -0.15) is 11.8 Å². The minimum Gasteiger partial charge on any atom is -0.331 e. The van der Waals surface area contributed by atoms with Crippen LogP contribution in [0.5, 0.6) is 0 Å². The molecule has 0 aromatic carbocycles. The van der Waals surface area contributed by atoms with Gasteiger partial charge in [-0.15, -0.1) is 11.3 Å². The summed E-state index contributed by atoms with van der Waals surface area (Å²) >= 11 is 8.81. The van der Waals surface area contributed by atoms with Crippen LogP contribution in [0.1, 0.15) is 31.7 Å². The summed E-state index contributed by atoms with van der Waals surface area (Å²) in [5.74, 6) is 0. The molecule has 3 rings (SSSR count). The van der Waals surface area contributed by atoms with E-state index in [9.17, 15) is 4.79 Å². The van der Waals surface area contributed by atoms with Crippen molar-refractivity contribution < 1.29 is 0 Å². The Kier molecular flexibility index (Phi) is 3.82. The molecule has 1 aliphatic rings.